The summed E-state index contributed by atoms with van der Waals surface area (Å²) in [6.45, 7) is 1.99. The molecule has 0 saturated carbocycles. The van der Waals surface area contributed by atoms with Gasteiger partial charge in [0.05, 0.1) is 0 Å². The Balaban J connectivity index is 1.68. The molecule has 1 saturated heterocycles. The summed E-state index contributed by atoms with van der Waals surface area (Å²) in [6, 6.07) is 10.8. The quantitative estimate of drug-likeness (QED) is 0.872. The molecule has 132 valence electrons. The maximum absolute atomic E-state index is 13.7. The van der Waals surface area contributed by atoms with Gasteiger partial charge in [-0.15, -0.1) is 0 Å². The molecule has 0 aromatic heterocycles. The zero-order valence-electron chi connectivity index (χ0n) is 14.0. The summed E-state index contributed by atoms with van der Waals surface area (Å²) >= 11 is 0. The Morgan fingerprint density at radius 2 is 1.84 bits per heavy atom. The molecule has 3 nitrogen and oxygen atoms in total. The second-order valence-corrected chi connectivity index (χ2v) is 6.47. The molecule has 1 amide bonds. The molecule has 0 aliphatic carbocycles. The Kier molecular flexibility index (Phi) is 5.76. The van der Waals surface area contributed by atoms with Crippen molar-refractivity contribution in [3.8, 4) is 0 Å². The first-order valence-corrected chi connectivity index (χ1v) is 8.64. The second kappa shape index (κ2) is 8.21. The molecule has 1 heterocycles. The van der Waals surface area contributed by atoms with Crippen LogP contribution in [-0.4, -0.2) is 19.0 Å². The average molecular weight is 344 g/mol. The van der Waals surface area contributed by atoms with Gasteiger partial charge in [-0.3, -0.25) is 4.79 Å². The van der Waals surface area contributed by atoms with Crippen molar-refractivity contribution in [1.82, 2.24) is 10.6 Å². The minimum absolute atomic E-state index is 0.0376. The summed E-state index contributed by atoms with van der Waals surface area (Å²) in [6.07, 6.45) is 3.06. The molecule has 1 aliphatic rings. The minimum atomic E-state index is -0.523. The fourth-order valence-corrected chi connectivity index (χ4v) is 3.27. The SMILES string of the molecule is O=C(NCc1cc(F)ccc1F)c1ccccc1CC1CCNCC1. The lowest BCUT2D eigenvalue weighted by atomic mass is 9.89. The highest BCUT2D eigenvalue weighted by Gasteiger charge is 2.18. The van der Waals surface area contributed by atoms with Gasteiger partial charge in [-0.25, -0.2) is 8.78 Å². The predicted octanol–water partition coefficient (Wildman–Crippen LogP) is 3.44. The van der Waals surface area contributed by atoms with Gasteiger partial charge in [0, 0.05) is 17.7 Å². The number of carbonyl (C=O) groups excluding carboxylic acids is 1. The van der Waals surface area contributed by atoms with Crippen molar-refractivity contribution < 1.29 is 13.6 Å². The number of carbonyl (C=O) groups is 1. The third kappa shape index (κ3) is 4.63. The molecule has 0 atom stereocenters. The van der Waals surface area contributed by atoms with Crippen molar-refractivity contribution >= 4 is 5.91 Å². The summed E-state index contributed by atoms with van der Waals surface area (Å²) in [5.41, 5.74) is 1.76. The molecular weight excluding hydrogens is 322 g/mol. The standard InChI is InChI=1S/C20H22F2N2O/c21-17-5-6-19(22)16(12-17)13-24-20(25)18-4-2-1-3-15(18)11-14-7-9-23-10-8-14/h1-6,12,14,23H,7-11,13H2,(H,24,25). The molecule has 0 radical (unpaired) electrons. The molecule has 0 unspecified atom stereocenters. The van der Waals surface area contributed by atoms with E-state index in [4.69, 9.17) is 0 Å². The van der Waals surface area contributed by atoms with E-state index in [1.54, 1.807) is 6.07 Å². The Labute approximate surface area is 146 Å². The van der Waals surface area contributed by atoms with Gasteiger partial charge >= 0.3 is 0 Å². The lowest BCUT2D eigenvalue weighted by molar-refractivity contribution is 0.0949. The first kappa shape index (κ1) is 17.5. The van der Waals surface area contributed by atoms with Crippen molar-refractivity contribution in [3.05, 3.63) is 70.8 Å². The Bertz CT molecular complexity index is 742. The number of hydrogen-bond acceptors (Lipinski definition) is 2. The van der Waals surface area contributed by atoms with Crippen LogP contribution in [0.1, 0.15) is 34.3 Å². The van der Waals surface area contributed by atoms with Crippen molar-refractivity contribution in [2.45, 2.75) is 25.8 Å². The predicted molar refractivity (Wildman–Crippen MR) is 93.3 cm³/mol. The van der Waals surface area contributed by atoms with Gasteiger partial charge in [0.15, 0.2) is 0 Å². The molecule has 3 rings (SSSR count). The first-order chi connectivity index (χ1) is 12.1. The van der Waals surface area contributed by atoms with Crippen molar-refractivity contribution in [2.75, 3.05) is 13.1 Å². The highest BCUT2D eigenvalue weighted by molar-refractivity contribution is 5.95. The average Bonchev–Trinajstić information content (AvgIpc) is 2.63. The number of nitrogens with one attached hydrogen (secondary N) is 2. The zero-order valence-corrected chi connectivity index (χ0v) is 14.0. The molecule has 1 aliphatic heterocycles. The van der Waals surface area contributed by atoms with E-state index in [0.29, 0.717) is 11.5 Å². The number of piperidine rings is 1. The molecule has 2 aromatic rings. The monoisotopic (exact) mass is 344 g/mol. The maximum Gasteiger partial charge on any atom is 0.251 e. The van der Waals surface area contributed by atoms with Gasteiger partial charge in [-0.1, -0.05) is 18.2 Å². The number of halogens is 2. The topological polar surface area (TPSA) is 41.1 Å². The van der Waals surface area contributed by atoms with Crippen LogP contribution in [0.2, 0.25) is 0 Å². The summed E-state index contributed by atoms with van der Waals surface area (Å²) in [4.78, 5) is 12.5. The summed E-state index contributed by atoms with van der Waals surface area (Å²) in [5, 5.41) is 6.04. The van der Waals surface area contributed by atoms with E-state index in [1.807, 2.05) is 18.2 Å². The van der Waals surface area contributed by atoms with Gasteiger partial charge in [-0.05, 0) is 68.1 Å². The summed E-state index contributed by atoms with van der Waals surface area (Å²) in [7, 11) is 0. The van der Waals surface area contributed by atoms with Gasteiger partial charge < -0.3 is 10.6 Å². The molecule has 1 fully saturated rings. The van der Waals surface area contributed by atoms with E-state index in [0.717, 1.165) is 56.1 Å². The largest absolute Gasteiger partial charge is 0.348 e. The van der Waals surface area contributed by atoms with Gasteiger partial charge in [-0.2, -0.15) is 0 Å². The van der Waals surface area contributed by atoms with Crippen molar-refractivity contribution in [1.29, 1.82) is 0 Å². The van der Waals surface area contributed by atoms with Crippen LogP contribution in [0.5, 0.6) is 0 Å². The van der Waals surface area contributed by atoms with Crippen LogP contribution in [0.4, 0.5) is 8.78 Å². The van der Waals surface area contributed by atoms with Crippen LogP contribution in [0.15, 0.2) is 42.5 Å². The third-order valence-corrected chi connectivity index (χ3v) is 4.68. The van der Waals surface area contributed by atoms with Crippen molar-refractivity contribution in [2.24, 2.45) is 5.92 Å². The third-order valence-electron chi connectivity index (χ3n) is 4.68. The Morgan fingerprint density at radius 1 is 1.08 bits per heavy atom. The first-order valence-electron chi connectivity index (χ1n) is 8.64. The highest BCUT2D eigenvalue weighted by atomic mass is 19.1. The molecule has 0 bridgehead atoms. The lowest BCUT2D eigenvalue weighted by Gasteiger charge is -2.23. The number of hydrogen-bond donors (Lipinski definition) is 2. The van der Waals surface area contributed by atoms with Crippen LogP contribution in [0, 0.1) is 17.6 Å². The van der Waals surface area contributed by atoms with Crippen LogP contribution < -0.4 is 10.6 Å². The molecule has 2 aromatic carbocycles. The van der Waals surface area contributed by atoms with E-state index in [2.05, 4.69) is 10.6 Å². The maximum atomic E-state index is 13.7. The van der Waals surface area contributed by atoms with Crippen LogP contribution in [0.25, 0.3) is 0 Å². The van der Waals surface area contributed by atoms with Gasteiger partial charge in [0.25, 0.3) is 5.91 Å². The number of rotatable bonds is 5. The van der Waals surface area contributed by atoms with Crippen LogP contribution in [-0.2, 0) is 13.0 Å². The van der Waals surface area contributed by atoms with E-state index < -0.39 is 11.6 Å². The van der Waals surface area contributed by atoms with E-state index in [1.165, 1.54) is 0 Å². The van der Waals surface area contributed by atoms with Crippen LogP contribution >= 0.6 is 0 Å². The summed E-state index contributed by atoms with van der Waals surface area (Å²) in [5.74, 6) is -0.731. The lowest BCUT2D eigenvalue weighted by Crippen LogP contribution is -2.29. The Morgan fingerprint density at radius 3 is 2.64 bits per heavy atom. The molecule has 25 heavy (non-hydrogen) atoms. The van der Waals surface area contributed by atoms with Crippen LogP contribution in [0.3, 0.4) is 0 Å². The van der Waals surface area contributed by atoms with Gasteiger partial charge in [0.1, 0.15) is 11.6 Å². The fourth-order valence-electron chi connectivity index (χ4n) is 3.27. The van der Waals surface area contributed by atoms with E-state index in [9.17, 15) is 13.6 Å². The summed E-state index contributed by atoms with van der Waals surface area (Å²) < 4.78 is 26.9. The fraction of sp³-hybridized carbons (Fsp3) is 0.350. The molecule has 2 N–H and O–H groups in total. The minimum Gasteiger partial charge on any atom is -0.348 e. The normalized spacial score (nSPS) is 15.1. The van der Waals surface area contributed by atoms with Gasteiger partial charge in [0.2, 0.25) is 0 Å². The number of amides is 1. The molecular formula is C20H22F2N2O. The molecule has 0 spiro atoms. The number of benzene rings is 2. The molecule has 5 heteroatoms. The zero-order chi connectivity index (χ0) is 17.6. The van der Waals surface area contributed by atoms with E-state index >= 15 is 0 Å². The van der Waals surface area contributed by atoms with Crippen molar-refractivity contribution in [3.63, 3.8) is 0 Å². The highest BCUT2D eigenvalue weighted by Crippen LogP contribution is 2.21. The second-order valence-electron chi connectivity index (χ2n) is 6.47. The smallest absolute Gasteiger partial charge is 0.251 e. The van der Waals surface area contributed by atoms with E-state index in [-0.39, 0.29) is 18.0 Å². The Hall–Kier alpha value is -2.27.